The summed E-state index contributed by atoms with van der Waals surface area (Å²) in [5.74, 6) is -0.270. The summed E-state index contributed by atoms with van der Waals surface area (Å²) < 4.78 is 37.5. The number of aromatic hydroxyl groups is 1. The number of hydrogen-bond donors (Lipinski definition) is 3. The molecule has 3 N–H and O–H groups in total. The second-order valence-electron chi connectivity index (χ2n) is 6.09. The van der Waals surface area contributed by atoms with E-state index < -0.39 is 10.1 Å². The zero-order chi connectivity index (χ0) is 21.2. The smallest absolute Gasteiger partial charge is 0.295 e. The Bertz CT molecular complexity index is 1210. The number of hydrogen-bond acceptors (Lipinski definition) is 9. The third kappa shape index (κ3) is 4.56. The zero-order valence-corrected chi connectivity index (χ0v) is 16.9. The van der Waals surface area contributed by atoms with Gasteiger partial charge in [0.25, 0.3) is 10.1 Å². The van der Waals surface area contributed by atoms with Crippen molar-refractivity contribution < 1.29 is 32.7 Å². The van der Waals surface area contributed by atoms with Gasteiger partial charge < -0.3 is 5.11 Å². The standard InChI is InChI=1S/C18H16N2O7S2/c1-10-7-11(2)16(28-27-26-22)8-14(10)19-20-15-9-17(29(23,24)25)12-5-3-4-6-13(12)18(15)21/h3-9,21-22H,1-2H3,(H,23,24,25). The topological polar surface area (TPSA) is 138 Å². The first-order valence-electron chi connectivity index (χ1n) is 8.12. The van der Waals surface area contributed by atoms with E-state index in [0.29, 0.717) is 10.6 Å². The Kier molecular flexibility index (Phi) is 6.17. The van der Waals surface area contributed by atoms with Gasteiger partial charge in [0.2, 0.25) is 0 Å². The summed E-state index contributed by atoms with van der Waals surface area (Å²) in [7, 11) is -4.55. The van der Waals surface area contributed by atoms with E-state index in [1.54, 1.807) is 31.2 Å². The van der Waals surface area contributed by atoms with Crippen LogP contribution >= 0.6 is 12.0 Å². The van der Waals surface area contributed by atoms with E-state index >= 15 is 0 Å². The highest BCUT2D eigenvalue weighted by molar-refractivity contribution is 7.94. The minimum Gasteiger partial charge on any atom is -0.505 e. The average Bonchev–Trinajstić information content (AvgIpc) is 2.67. The summed E-state index contributed by atoms with van der Waals surface area (Å²) in [6.45, 7) is 3.62. The average molecular weight is 436 g/mol. The fourth-order valence-corrected chi connectivity index (χ4v) is 3.95. The maximum Gasteiger partial charge on any atom is 0.295 e. The van der Waals surface area contributed by atoms with Gasteiger partial charge in [0.15, 0.2) is 5.75 Å². The van der Waals surface area contributed by atoms with Gasteiger partial charge in [-0.05, 0) is 37.1 Å². The second kappa shape index (κ2) is 8.45. The molecule has 9 nitrogen and oxygen atoms in total. The van der Waals surface area contributed by atoms with Gasteiger partial charge in [0.05, 0.1) is 17.7 Å². The first-order chi connectivity index (χ1) is 13.7. The van der Waals surface area contributed by atoms with E-state index in [0.717, 1.165) is 29.2 Å². The van der Waals surface area contributed by atoms with Crippen molar-refractivity contribution in [3.8, 4) is 5.75 Å². The molecule has 0 aliphatic carbocycles. The van der Waals surface area contributed by atoms with E-state index in [1.165, 1.54) is 12.1 Å². The van der Waals surface area contributed by atoms with Gasteiger partial charge in [-0.15, -0.1) is 9.45 Å². The molecule has 0 fully saturated rings. The molecular formula is C18H16N2O7S2. The van der Waals surface area contributed by atoms with E-state index in [2.05, 4.69) is 19.6 Å². The number of fused-ring (bicyclic) bond motifs is 1. The van der Waals surface area contributed by atoms with Gasteiger partial charge in [-0.3, -0.25) is 4.55 Å². The van der Waals surface area contributed by atoms with E-state index in [-0.39, 0.29) is 27.1 Å². The molecule has 0 spiro atoms. The molecule has 0 radical (unpaired) electrons. The van der Waals surface area contributed by atoms with Crippen LogP contribution in [0.15, 0.2) is 62.5 Å². The summed E-state index contributed by atoms with van der Waals surface area (Å²) in [6.07, 6.45) is 0. The van der Waals surface area contributed by atoms with Crippen LogP contribution in [0.3, 0.4) is 0 Å². The molecule has 0 amide bonds. The molecule has 152 valence electrons. The van der Waals surface area contributed by atoms with Crippen LogP contribution in [0.2, 0.25) is 0 Å². The molecule has 29 heavy (non-hydrogen) atoms. The van der Waals surface area contributed by atoms with Gasteiger partial charge >= 0.3 is 0 Å². The van der Waals surface area contributed by atoms with Gasteiger partial charge in [0, 0.05) is 15.7 Å². The molecule has 3 rings (SSSR count). The van der Waals surface area contributed by atoms with E-state index in [1.807, 2.05) is 6.92 Å². The molecule has 3 aromatic rings. The summed E-state index contributed by atoms with van der Waals surface area (Å²) >= 11 is 0.767. The summed E-state index contributed by atoms with van der Waals surface area (Å²) in [5.41, 5.74) is 1.89. The second-order valence-corrected chi connectivity index (χ2v) is 8.23. The Morgan fingerprint density at radius 2 is 1.62 bits per heavy atom. The SMILES string of the molecule is Cc1cc(C)c(SOOO)cc1N=Nc1cc(S(=O)(=O)O)c2ccccc2c1O. The van der Waals surface area contributed by atoms with Gasteiger partial charge in [-0.1, -0.05) is 35.4 Å². The van der Waals surface area contributed by atoms with Crippen molar-refractivity contribution in [3.63, 3.8) is 0 Å². The van der Waals surface area contributed by atoms with Crippen molar-refractivity contribution >= 4 is 44.3 Å². The number of benzene rings is 3. The molecular weight excluding hydrogens is 420 g/mol. The molecule has 0 aliphatic heterocycles. The first-order valence-corrected chi connectivity index (χ1v) is 10.3. The third-order valence-corrected chi connectivity index (χ3v) is 5.79. The molecule has 11 heteroatoms. The molecule has 0 heterocycles. The number of nitrogens with zero attached hydrogens (tertiary/aromatic N) is 2. The fraction of sp³-hybridized carbons (Fsp3) is 0.111. The predicted molar refractivity (Wildman–Crippen MR) is 106 cm³/mol. The lowest BCUT2D eigenvalue weighted by Crippen LogP contribution is -1.99. The van der Waals surface area contributed by atoms with Crippen molar-refractivity contribution in [2.75, 3.05) is 0 Å². The van der Waals surface area contributed by atoms with Gasteiger partial charge in [-0.2, -0.15) is 13.5 Å². The lowest BCUT2D eigenvalue weighted by atomic mass is 10.1. The van der Waals surface area contributed by atoms with Gasteiger partial charge in [0.1, 0.15) is 10.6 Å². The predicted octanol–water partition coefficient (Wildman–Crippen LogP) is 5.25. The maximum atomic E-state index is 11.8. The van der Waals surface area contributed by atoms with Crippen LogP contribution in [0, 0.1) is 13.8 Å². The van der Waals surface area contributed by atoms with Crippen molar-refractivity contribution in [2.24, 2.45) is 10.2 Å². The fourth-order valence-electron chi connectivity index (χ4n) is 2.78. The Morgan fingerprint density at radius 1 is 0.966 bits per heavy atom. The summed E-state index contributed by atoms with van der Waals surface area (Å²) in [5, 5.41) is 30.9. The Balaban J connectivity index is 2.11. The molecule has 0 bridgehead atoms. The number of phenols is 1. The number of aryl methyl sites for hydroxylation is 2. The van der Waals surface area contributed by atoms with Crippen molar-refractivity contribution in [1.82, 2.24) is 0 Å². The highest BCUT2D eigenvalue weighted by Gasteiger charge is 2.19. The third-order valence-electron chi connectivity index (χ3n) is 4.15. The monoisotopic (exact) mass is 436 g/mol. The highest BCUT2D eigenvalue weighted by Crippen LogP contribution is 2.40. The molecule has 0 aliphatic rings. The van der Waals surface area contributed by atoms with Crippen molar-refractivity contribution in [2.45, 2.75) is 23.6 Å². The summed E-state index contributed by atoms with van der Waals surface area (Å²) in [4.78, 5) is 0.213. The van der Waals surface area contributed by atoms with Crippen LogP contribution in [-0.2, 0) is 19.5 Å². The Hall–Kier alpha value is -2.54. The Morgan fingerprint density at radius 3 is 2.28 bits per heavy atom. The highest BCUT2D eigenvalue weighted by atomic mass is 32.2. The first kappa shape index (κ1) is 21.2. The quantitative estimate of drug-likeness (QED) is 0.156. The number of rotatable bonds is 6. The van der Waals surface area contributed by atoms with Crippen LogP contribution in [0.5, 0.6) is 5.75 Å². The van der Waals surface area contributed by atoms with Crippen LogP contribution < -0.4 is 0 Å². The largest absolute Gasteiger partial charge is 0.505 e. The molecule has 3 aromatic carbocycles. The molecule has 0 aromatic heterocycles. The number of phenolic OH excluding ortho intramolecular Hbond substituents is 1. The van der Waals surface area contributed by atoms with Crippen molar-refractivity contribution in [3.05, 3.63) is 53.6 Å². The van der Waals surface area contributed by atoms with Crippen LogP contribution in [0.25, 0.3) is 10.8 Å². The maximum absolute atomic E-state index is 11.8. The zero-order valence-electron chi connectivity index (χ0n) is 15.2. The molecule has 0 unspecified atom stereocenters. The minimum atomic E-state index is -4.55. The van der Waals surface area contributed by atoms with Crippen molar-refractivity contribution in [1.29, 1.82) is 0 Å². The molecule has 0 atom stereocenters. The molecule has 0 saturated heterocycles. The van der Waals surface area contributed by atoms with E-state index in [4.69, 9.17) is 5.26 Å². The van der Waals surface area contributed by atoms with Crippen LogP contribution in [0.4, 0.5) is 11.4 Å². The minimum absolute atomic E-state index is 0.125. The van der Waals surface area contributed by atoms with Crippen LogP contribution in [0.1, 0.15) is 11.1 Å². The van der Waals surface area contributed by atoms with Gasteiger partial charge in [-0.25, -0.2) is 5.26 Å². The lowest BCUT2D eigenvalue weighted by Gasteiger charge is -2.09. The molecule has 0 saturated carbocycles. The number of azo groups is 1. The normalized spacial score (nSPS) is 12.1. The lowest BCUT2D eigenvalue weighted by molar-refractivity contribution is -0.432. The summed E-state index contributed by atoms with van der Waals surface area (Å²) in [6, 6.07) is 10.7. The Labute approximate surface area is 170 Å². The van der Waals surface area contributed by atoms with E-state index in [9.17, 15) is 18.1 Å². The van der Waals surface area contributed by atoms with Crippen LogP contribution in [-0.4, -0.2) is 23.3 Å².